The summed E-state index contributed by atoms with van der Waals surface area (Å²) in [5, 5.41) is 0. The summed E-state index contributed by atoms with van der Waals surface area (Å²) in [6, 6.07) is 11.4. The Kier molecular flexibility index (Phi) is 10.7. The van der Waals surface area contributed by atoms with Gasteiger partial charge >= 0.3 is 12.5 Å². The fourth-order valence-corrected chi connectivity index (χ4v) is 4.94. The van der Waals surface area contributed by atoms with E-state index in [1.165, 1.54) is 23.8 Å². The fraction of sp³-hybridized carbons (Fsp3) is 0.324. The molecule has 4 rings (SSSR count). The van der Waals surface area contributed by atoms with Crippen molar-refractivity contribution >= 4 is 23.3 Å². The third-order valence-corrected chi connectivity index (χ3v) is 7.12. The molecular formula is C34H34F4N2O2. The molecule has 0 radical (unpaired) electrons. The van der Waals surface area contributed by atoms with Crippen molar-refractivity contribution in [1.29, 1.82) is 0 Å². The molecule has 0 spiro atoms. The summed E-state index contributed by atoms with van der Waals surface area (Å²) in [5.41, 5.74) is 14.7. The molecule has 0 amide bonds. The van der Waals surface area contributed by atoms with E-state index in [4.69, 9.17) is 10.7 Å². The normalized spacial score (nSPS) is 19.0. The van der Waals surface area contributed by atoms with E-state index >= 15 is 0 Å². The molecule has 2 N–H and O–H groups in total. The largest absolute Gasteiger partial charge is 0.461 e. The van der Waals surface area contributed by atoms with E-state index in [9.17, 15) is 22.4 Å². The molecule has 42 heavy (non-hydrogen) atoms. The molecule has 4 nitrogen and oxygen atoms in total. The number of nitrogens with zero attached hydrogens (tertiary/aromatic N) is 1. The van der Waals surface area contributed by atoms with Gasteiger partial charge < -0.3 is 10.5 Å². The van der Waals surface area contributed by atoms with Crippen molar-refractivity contribution in [3.63, 3.8) is 0 Å². The minimum Gasteiger partial charge on any atom is -0.428 e. The Bertz CT molecular complexity index is 1450. The van der Waals surface area contributed by atoms with Crippen LogP contribution in [0.15, 0.2) is 95.3 Å². The summed E-state index contributed by atoms with van der Waals surface area (Å²) >= 11 is 0. The number of fused-ring (bicyclic) bond motifs is 1. The first-order chi connectivity index (χ1) is 20.2. The van der Waals surface area contributed by atoms with Crippen molar-refractivity contribution in [2.45, 2.75) is 63.9 Å². The van der Waals surface area contributed by atoms with Gasteiger partial charge in [-0.25, -0.2) is 4.99 Å². The highest BCUT2D eigenvalue weighted by atomic mass is 19.3. The van der Waals surface area contributed by atoms with Crippen LogP contribution in [-0.4, -0.2) is 24.0 Å². The Morgan fingerprint density at radius 1 is 1.19 bits per heavy atom. The molecule has 1 heterocycles. The average molecular weight is 579 g/mol. The molecule has 0 saturated heterocycles. The summed E-state index contributed by atoms with van der Waals surface area (Å²) in [7, 11) is 0. The average Bonchev–Trinajstić information content (AvgIpc) is 2.92. The van der Waals surface area contributed by atoms with Crippen molar-refractivity contribution in [2.24, 2.45) is 10.9 Å². The predicted octanol–water partition coefficient (Wildman–Crippen LogP) is 8.65. The lowest BCUT2D eigenvalue weighted by atomic mass is 9.86. The highest BCUT2D eigenvalue weighted by molar-refractivity contribution is 6.14. The first-order valence-corrected chi connectivity index (χ1v) is 14.1. The second-order valence-corrected chi connectivity index (χ2v) is 10.4. The quantitative estimate of drug-likeness (QED) is 0.133. The molecule has 2 aromatic rings. The standard InChI is InChI=1S/C34H34F4N2O2/c35-33(36)34(37,38)42-30-14-7-10-25(22-30)9-2-4-13-29(41)19-16-24-8-1-3-11-26(17-15-24)32-31-20-18-28(39)23-27(31)12-5-6-21-40-32/h2,5,7,9-10,14,16-24,33H,1,3-4,8,11-13,15,39H2/b9-2?,19-16+,26-17-,40-32?. The van der Waals surface area contributed by atoms with Gasteiger partial charge in [0.1, 0.15) is 5.75 Å². The smallest absolute Gasteiger partial charge is 0.428 e. The van der Waals surface area contributed by atoms with Gasteiger partial charge in [0.2, 0.25) is 0 Å². The number of carbonyl (C=O) groups excluding carboxylic acids is 1. The number of rotatable bonds is 10. The van der Waals surface area contributed by atoms with Crippen molar-refractivity contribution in [3.05, 3.63) is 107 Å². The van der Waals surface area contributed by atoms with Crippen LogP contribution in [0.1, 0.15) is 61.6 Å². The van der Waals surface area contributed by atoms with Crippen LogP contribution in [0.5, 0.6) is 5.75 Å². The molecule has 8 heteroatoms. The van der Waals surface area contributed by atoms with Gasteiger partial charge in [-0.15, -0.1) is 5.73 Å². The van der Waals surface area contributed by atoms with Gasteiger partial charge in [0.05, 0.1) is 11.9 Å². The first kappa shape index (κ1) is 30.8. The Morgan fingerprint density at radius 2 is 2.05 bits per heavy atom. The van der Waals surface area contributed by atoms with Crippen molar-refractivity contribution in [3.8, 4) is 5.75 Å². The number of benzene rings is 2. The van der Waals surface area contributed by atoms with E-state index in [0.717, 1.165) is 61.1 Å². The van der Waals surface area contributed by atoms with E-state index < -0.39 is 12.5 Å². The minimum absolute atomic E-state index is 0.00703. The zero-order valence-corrected chi connectivity index (χ0v) is 23.2. The van der Waals surface area contributed by atoms with Crippen molar-refractivity contribution in [2.75, 3.05) is 5.73 Å². The topological polar surface area (TPSA) is 64.7 Å². The summed E-state index contributed by atoms with van der Waals surface area (Å²) in [6.45, 7) is 0. The number of hydrogen-bond donors (Lipinski definition) is 1. The van der Waals surface area contributed by atoms with E-state index in [2.05, 4.69) is 16.5 Å². The lowest BCUT2D eigenvalue weighted by Crippen LogP contribution is -2.33. The fourth-order valence-electron chi connectivity index (χ4n) is 4.94. The van der Waals surface area contributed by atoms with Crippen molar-refractivity contribution in [1.82, 2.24) is 0 Å². The molecule has 0 bridgehead atoms. The number of aliphatic imine (C=N–C) groups is 1. The number of allylic oxidation sites excluding steroid dienone is 6. The summed E-state index contributed by atoms with van der Waals surface area (Å²) in [5.74, 6) is -0.126. The number of alkyl halides is 4. The van der Waals surface area contributed by atoms with Gasteiger partial charge in [-0.3, -0.25) is 4.79 Å². The zero-order chi connectivity index (χ0) is 30.0. The van der Waals surface area contributed by atoms with Gasteiger partial charge in [-0.1, -0.05) is 48.9 Å². The number of nitrogens with two attached hydrogens (primary N) is 1. The molecule has 0 aromatic heterocycles. The lowest BCUT2D eigenvalue weighted by Gasteiger charge is -2.20. The number of nitrogen functional groups attached to an aromatic ring is 1. The second kappa shape index (κ2) is 14.6. The van der Waals surface area contributed by atoms with Crippen LogP contribution in [0.3, 0.4) is 0 Å². The maximum atomic E-state index is 13.2. The molecule has 2 aliphatic rings. The van der Waals surface area contributed by atoms with Crippen LogP contribution in [0.2, 0.25) is 0 Å². The van der Waals surface area contributed by atoms with Gasteiger partial charge in [0, 0.05) is 17.7 Å². The number of halogens is 4. The molecule has 2 aromatic carbocycles. The minimum atomic E-state index is -4.56. The third kappa shape index (κ3) is 8.92. The highest BCUT2D eigenvalue weighted by Crippen LogP contribution is 2.29. The molecule has 1 aliphatic heterocycles. The van der Waals surface area contributed by atoms with Gasteiger partial charge in [-0.05, 0) is 97.6 Å². The van der Waals surface area contributed by atoms with Crippen LogP contribution in [0.25, 0.3) is 6.08 Å². The third-order valence-electron chi connectivity index (χ3n) is 7.12. The lowest BCUT2D eigenvalue weighted by molar-refractivity contribution is -0.253. The van der Waals surface area contributed by atoms with Gasteiger partial charge in [0.15, 0.2) is 5.78 Å². The monoisotopic (exact) mass is 578 g/mol. The molecule has 220 valence electrons. The molecule has 1 unspecified atom stereocenters. The van der Waals surface area contributed by atoms with E-state index in [1.807, 2.05) is 30.4 Å². The summed E-state index contributed by atoms with van der Waals surface area (Å²) in [4.78, 5) is 17.3. The van der Waals surface area contributed by atoms with E-state index in [-0.39, 0.29) is 23.9 Å². The van der Waals surface area contributed by atoms with E-state index in [0.29, 0.717) is 12.0 Å². The Morgan fingerprint density at radius 3 is 2.88 bits per heavy atom. The maximum absolute atomic E-state index is 13.2. The highest BCUT2D eigenvalue weighted by Gasteiger charge is 2.43. The zero-order valence-electron chi connectivity index (χ0n) is 23.2. The van der Waals surface area contributed by atoms with Crippen LogP contribution in [0.4, 0.5) is 23.2 Å². The number of carbonyl (C=O) groups is 1. The van der Waals surface area contributed by atoms with Crippen molar-refractivity contribution < 1.29 is 27.1 Å². The van der Waals surface area contributed by atoms with E-state index in [1.54, 1.807) is 30.5 Å². The SMILES string of the molecule is Nc1ccc2c(c1)CC=C=CN=C2/C1=C\CC(/C=C/C(=O)CCC=Cc2cccc(OC(F)(F)C(F)F)c2)CCCC1. The maximum Gasteiger partial charge on any atom is 0.461 e. The number of anilines is 1. The number of ketones is 1. The molecule has 1 atom stereocenters. The Hall–Kier alpha value is -4.16. The molecule has 1 aliphatic carbocycles. The summed E-state index contributed by atoms with van der Waals surface area (Å²) in [6.07, 6.45) is 10.8. The second-order valence-electron chi connectivity index (χ2n) is 10.4. The Balaban J connectivity index is 1.33. The van der Waals surface area contributed by atoms with Gasteiger partial charge in [0.25, 0.3) is 0 Å². The molecule has 0 fully saturated rings. The van der Waals surface area contributed by atoms with Crippen LogP contribution < -0.4 is 10.5 Å². The van der Waals surface area contributed by atoms with Crippen LogP contribution >= 0.6 is 0 Å². The predicted molar refractivity (Wildman–Crippen MR) is 159 cm³/mol. The Labute approximate surface area is 243 Å². The summed E-state index contributed by atoms with van der Waals surface area (Å²) < 4.78 is 55.2. The molecule has 0 saturated carbocycles. The molecular weight excluding hydrogens is 544 g/mol. The first-order valence-electron chi connectivity index (χ1n) is 14.1. The number of hydrogen-bond acceptors (Lipinski definition) is 4. The van der Waals surface area contributed by atoms with Crippen LogP contribution in [-0.2, 0) is 11.2 Å². The van der Waals surface area contributed by atoms with Crippen LogP contribution in [0, 0.1) is 5.92 Å². The van der Waals surface area contributed by atoms with Gasteiger partial charge in [-0.2, -0.15) is 17.6 Å². The number of ether oxygens (including phenoxy) is 1.